The molecule has 1 N–H and O–H groups in total. The van der Waals surface area contributed by atoms with Crippen LogP contribution >= 0.6 is 11.3 Å². The third-order valence-corrected chi connectivity index (χ3v) is 6.56. The monoisotopic (exact) mass is 452 g/mol. The lowest BCUT2D eigenvalue weighted by Gasteiger charge is -2.18. The quantitative estimate of drug-likeness (QED) is 0.558. The molecule has 0 bridgehead atoms. The molecule has 32 heavy (non-hydrogen) atoms. The fourth-order valence-corrected chi connectivity index (χ4v) is 5.22. The van der Waals surface area contributed by atoms with Gasteiger partial charge in [-0.15, -0.1) is 11.3 Å². The number of benzene rings is 1. The Morgan fingerprint density at radius 2 is 1.94 bits per heavy atom. The highest BCUT2D eigenvalue weighted by atomic mass is 32.1. The Hall–Kier alpha value is -3.26. The lowest BCUT2D eigenvalue weighted by Crippen LogP contribution is -2.22. The van der Waals surface area contributed by atoms with Crippen LogP contribution in [0.2, 0.25) is 0 Å². The van der Waals surface area contributed by atoms with E-state index < -0.39 is 24.5 Å². The molecule has 1 aromatic carbocycles. The second-order valence-corrected chi connectivity index (χ2v) is 8.90. The Morgan fingerprint density at radius 1 is 1.12 bits per heavy atom. The number of rotatable bonds is 6. The van der Waals surface area contributed by atoms with Gasteiger partial charge >= 0.3 is 11.9 Å². The lowest BCUT2D eigenvalue weighted by molar-refractivity contribution is -0.119. The van der Waals surface area contributed by atoms with Gasteiger partial charge in [0.05, 0.1) is 17.7 Å². The zero-order valence-electron chi connectivity index (χ0n) is 18.0. The summed E-state index contributed by atoms with van der Waals surface area (Å²) in [5.41, 5.74) is 2.18. The van der Waals surface area contributed by atoms with Crippen LogP contribution in [0.25, 0.3) is 10.9 Å². The summed E-state index contributed by atoms with van der Waals surface area (Å²) in [6, 6.07) is 10.8. The first kappa shape index (κ1) is 22.0. The van der Waals surface area contributed by atoms with E-state index in [1.807, 2.05) is 18.2 Å². The minimum atomic E-state index is -0.684. The third kappa shape index (κ3) is 4.65. The maximum atomic E-state index is 12.6. The average Bonchev–Trinajstić information content (AvgIpc) is 3.14. The van der Waals surface area contributed by atoms with E-state index in [1.165, 1.54) is 11.3 Å². The van der Waals surface area contributed by atoms with Crippen LogP contribution in [0.1, 0.15) is 51.6 Å². The fraction of sp³-hybridized carbons (Fsp3) is 0.333. The summed E-state index contributed by atoms with van der Waals surface area (Å²) in [7, 11) is 0. The van der Waals surface area contributed by atoms with Gasteiger partial charge in [0.1, 0.15) is 10.7 Å². The second kappa shape index (κ2) is 9.48. The van der Waals surface area contributed by atoms with E-state index >= 15 is 0 Å². The van der Waals surface area contributed by atoms with Crippen molar-refractivity contribution in [3.63, 3.8) is 0 Å². The molecular formula is C24H24N2O5S. The number of esters is 2. The molecule has 0 saturated heterocycles. The van der Waals surface area contributed by atoms with Gasteiger partial charge in [-0.25, -0.2) is 14.6 Å². The van der Waals surface area contributed by atoms with E-state index in [0.717, 1.165) is 35.1 Å². The van der Waals surface area contributed by atoms with Crippen molar-refractivity contribution in [1.29, 1.82) is 0 Å². The van der Waals surface area contributed by atoms with Gasteiger partial charge in [-0.05, 0) is 49.8 Å². The number of para-hydroxylation sites is 1. The van der Waals surface area contributed by atoms with Gasteiger partial charge in [0.15, 0.2) is 6.61 Å². The molecule has 0 fully saturated rings. The van der Waals surface area contributed by atoms with Crippen molar-refractivity contribution in [3.8, 4) is 0 Å². The number of hydrogen-bond donors (Lipinski definition) is 1. The smallest absolute Gasteiger partial charge is 0.357 e. The average molecular weight is 453 g/mol. The predicted molar refractivity (Wildman–Crippen MR) is 122 cm³/mol. The molecule has 0 aliphatic heterocycles. The van der Waals surface area contributed by atoms with E-state index in [0.29, 0.717) is 22.0 Å². The number of aromatic nitrogens is 1. The molecule has 0 saturated carbocycles. The highest BCUT2D eigenvalue weighted by Gasteiger charge is 2.29. The lowest BCUT2D eigenvalue weighted by atomic mass is 9.88. The number of hydrogen-bond acceptors (Lipinski definition) is 7. The number of carbonyl (C=O) groups is 3. The minimum Gasteiger partial charge on any atom is -0.462 e. The number of pyridine rings is 1. The van der Waals surface area contributed by atoms with Crippen molar-refractivity contribution in [1.82, 2.24) is 4.98 Å². The molecule has 1 atom stereocenters. The number of thiophene rings is 1. The van der Waals surface area contributed by atoms with Gasteiger partial charge in [0, 0.05) is 10.3 Å². The van der Waals surface area contributed by atoms with Crippen LogP contribution in [0.4, 0.5) is 5.00 Å². The van der Waals surface area contributed by atoms with Crippen LogP contribution in [0.15, 0.2) is 36.4 Å². The molecule has 0 spiro atoms. The van der Waals surface area contributed by atoms with Gasteiger partial charge in [-0.1, -0.05) is 31.2 Å². The molecule has 4 rings (SSSR count). The van der Waals surface area contributed by atoms with Gasteiger partial charge in [0.2, 0.25) is 0 Å². The van der Waals surface area contributed by atoms with E-state index in [4.69, 9.17) is 9.47 Å². The Bertz CT molecular complexity index is 1190. The molecule has 1 unspecified atom stereocenters. The van der Waals surface area contributed by atoms with Crippen LogP contribution in [-0.4, -0.2) is 36.0 Å². The highest BCUT2D eigenvalue weighted by Crippen LogP contribution is 2.40. The number of fused-ring (bicyclic) bond motifs is 2. The van der Waals surface area contributed by atoms with Crippen LogP contribution in [0, 0.1) is 5.92 Å². The zero-order chi connectivity index (χ0) is 22.7. The number of nitrogens with zero attached hydrogens (tertiary/aromatic N) is 1. The molecule has 2 aromatic heterocycles. The van der Waals surface area contributed by atoms with Crippen molar-refractivity contribution in [3.05, 3.63) is 58.1 Å². The molecule has 2 heterocycles. The summed E-state index contributed by atoms with van der Waals surface area (Å²) in [6.45, 7) is 3.70. The molecule has 1 aliphatic rings. The molecule has 7 nitrogen and oxygen atoms in total. The molecule has 0 radical (unpaired) electrons. The van der Waals surface area contributed by atoms with Gasteiger partial charge < -0.3 is 14.8 Å². The normalized spacial score (nSPS) is 15.1. The van der Waals surface area contributed by atoms with E-state index in [2.05, 4.69) is 17.2 Å². The number of ether oxygens (including phenoxy) is 2. The van der Waals surface area contributed by atoms with Crippen molar-refractivity contribution >= 4 is 45.1 Å². The molecule has 3 aromatic rings. The zero-order valence-corrected chi connectivity index (χ0v) is 18.8. The molecule has 1 amide bonds. The second-order valence-electron chi connectivity index (χ2n) is 7.79. The summed E-state index contributed by atoms with van der Waals surface area (Å²) < 4.78 is 10.4. The summed E-state index contributed by atoms with van der Waals surface area (Å²) in [5, 5.41) is 4.10. The third-order valence-electron chi connectivity index (χ3n) is 5.39. The van der Waals surface area contributed by atoms with Crippen LogP contribution in [-0.2, 0) is 27.1 Å². The van der Waals surface area contributed by atoms with Crippen LogP contribution in [0.3, 0.4) is 0 Å². The first-order valence-electron chi connectivity index (χ1n) is 10.6. The van der Waals surface area contributed by atoms with Gasteiger partial charge in [-0.2, -0.15) is 0 Å². The summed E-state index contributed by atoms with van der Waals surface area (Å²) in [4.78, 5) is 42.8. The number of nitrogens with one attached hydrogen (secondary N) is 1. The largest absolute Gasteiger partial charge is 0.462 e. The Morgan fingerprint density at radius 3 is 2.75 bits per heavy atom. The van der Waals surface area contributed by atoms with Gasteiger partial charge in [0.25, 0.3) is 5.91 Å². The fourth-order valence-electron chi connectivity index (χ4n) is 3.81. The van der Waals surface area contributed by atoms with Crippen LogP contribution in [0.5, 0.6) is 0 Å². The van der Waals surface area contributed by atoms with E-state index in [9.17, 15) is 14.4 Å². The molecule has 1 aliphatic carbocycles. The Balaban J connectivity index is 1.45. The first-order chi connectivity index (χ1) is 15.5. The molecule has 8 heteroatoms. The van der Waals surface area contributed by atoms with Crippen molar-refractivity contribution in [2.75, 3.05) is 18.5 Å². The van der Waals surface area contributed by atoms with Crippen molar-refractivity contribution in [2.24, 2.45) is 5.92 Å². The first-order valence-corrected chi connectivity index (χ1v) is 11.4. The number of carbonyl (C=O) groups excluding carboxylic acids is 3. The summed E-state index contributed by atoms with van der Waals surface area (Å²) in [6.07, 6.45) is 2.63. The summed E-state index contributed by atoms with van der Waals surface area (Å²) in [5.74, 6) is -1.12. The number of amides is 1. The molecular weight excluding hydrogens is 428 g/mol. The maximum Gasteiger partial charge on any atom is 0.357 e. The number of anilines is 1. The standard InChI is InChI=1S/C24H24N2O5S/c1-3-30-24(29)21-16-10-8-14(2)12-19(16)32-22(21)26-20(27)13-31-23(28)18-11-9-15-6-4-5-7-17(15)25-18/h4-7,9,11,14H,3,8,10,12-13H2,1-2H3,(H,26,27). The predicted octanol–water partition coefficient (Wildman–Crippen LogP) is 4.39. The van der Waals surface area contributed by atoms with Gasteiger partial charge in [-0.3, -0.25) is 4.79 Å². The Kier molecular flexibility index (Phi) is 6.50. The van der Waals surface area contributed by atoms with E-state index in [1.54, 1.807) is 25.1 Å². The van der Waals surface area contributed by atoms with Crippen molar-refractivity contribution < 1.29 is 23.9 Å². The topological polar surface area (TPSA) is 94.6 Å². The molecule has 166 valence electrons. The SMILES string of the molecule is CCOC(=O)c1c(NC(=O)COC(=O)c2ccc3ccccc3n2)sc2c1CCC(C)C2. The Labute approximate surface area is 189 Å². The van der Waals surface area contributed by atoms with Crippen molar-refractivity contribution in [2.45, 2.75) is 33.1 Å². The maximum absolute atomic E-state index is 12.6. The highest BCUT2D eigenvalue weighted by molar-refractivity contribution is 7.17. The minimum absolute atomic E-state index is 0.129. The van der Waals surface area contributed by atoms with Crippen LogP contribution < -0.4 is 5.32 Å². The summed E-state index contributed by atoms with van der Waals surface area (Å²) >= 11 is 1.39. The van der Waals surface area contributed by atoms with E-state index in [-0.39, 0.29) is 12.3 Å².